The first-order valence-electron chi connectivity index (χ1n) is 6.35. The van der Waals surface area contributed by atoms with Crippen LogP contribution >= 0.6 is 0 Å². The van der Waals surface area contributed by atoms with Gasteiger partial charge in [0.25, 0.3) is 0 Å². The molecule has 20 heavy (non-hydrogen) atoms. The molecular weight excluding hydrogens is 266 g/mol. The van der Waals surface area contributed by atoms with E-state index in [2.05, 4.69) is 5.16 Å². The van der Waals surface area contributed by atoms with Gasteiger partial charge < -0.3 is 20.4 Å². The van der Waals surface area contributed by atoms with E-state index in [9.17, 15) is 14.7 Å². The second kappa shape index (κ2) is 4.53. The quantitative estimate of drug-likeness (QED) is 0.725. The van der Waals surface area contributed by atoms with Crippen LogP contribution in [-0.4, -0.2) is 51.7 Å². The fourth-order valence-electron chi connectivity index (χ4n) is 2.43. The number of carboxylic acid groups (broad SMARTS) is 1. The third-order valence-electron chi connectivity index (χ3n) is 3.17. The molecule has 2 aliphatic rings. The Labute approximate surface area is 116 Å². The highest BCUT2D eigenvalue weighted by molar-refractivity contribution is 5.85. The number of nitrogens with two attached hydrogens (primary N) is 1. The summed E-state index contributed by atoms with van der Waals surface area (Å²) < 4.78 is 5.23. The van der Waals surface area contributed by atoms with Crippen LogP contribution in [0.5, 0.6) is 0 Å². The lowest BCUT2D eigenvalue weighted by atomic mass is 9.96. The first-order chi connectivity index (χ1) is 9.12. The summed E-state index contributed by atoms with van der Waals surface area (Å²) in [6.45, 7) is 5.27. The summed E-state index contributed by atoms with van der Waals surface area (Å²) in [5.41, 5.74) is 4.04. The van der Waals surface area contributed by atoms with Crippen molar-refractivity contribution in [2.45, 2.75) is 50.9 Å². The smallest absolute Gasteiger partial charge is 0.411 e. The Balaban J connectivity index is 2.15. The first-order valence-corrected chi connectivity index (χ1v) is 6.35. The van der Waals surface area contributed by atoms with E-state index in [1.165, 1.54) is 4.90 Å². The van der Waals surface area contributed by atoms with E-state index in [1.54, 1.807) is 20.8 Å². The molecule has 2 atom stereocenters. The monoisotopic (exact) mass is 285 g/mol. The second-order valence-corrected chi connectivity index (χ2v) is 6.20. The Morgan fingerprint density at radius 1 is 1.55 bits per heavy atom. The molecule has 0 radical (unpaired) electrons. The average molecular weight is 285 g/mol. The van der Waals surface area contributed by atoms with Gasteiger partial charge in [-0.05, 0) is 20.8 Å². The summed E-state index contributed by atoms with van der Waals surface area (Å²) in [6.07, 6.45) is -0.210. The standard InChI is InChI=1S/C12H19N3O5/c1-11(2,3)19-10(18)15-6-12(4-7(15)9(16)17)5-8(13)14-20-12/h7H,4-6H2,1-3H3,(H2,13,14)(H,16,17). The molecule has 112 valence electrons. The summed E-state index contributed by atoms with van der Waals surface area (Å²) >= 11 is 0. The first kappa shape index (κ1) is 14.4. The van der Waals surface area contributed by atoms with Crippen molar-refractivity contribution in [2.75, 3.05) is 6.54 Å². The maximum Gasteiger partial charge on any atom is 0.411 e. The van der Waals surface area contributed by atoms with Crippen molar-refractivity contribution in [2.24, 2.45) is 10.9 Å². The lowest BCUT2D eigenvalue weighted by Crippen LogP contribution is -2.44. The number of likely N-dealkylation sites (tertiary alicyclic amines) is 1. The van der Waals surface area contributed by atoms with Crippen LogP contribution in [0.3, 0.4) is 0 Å². The van der Waals surface area contributed by atoms with E-state index < -0.39 is 29.3 Å². The van der Waals surface area contributed by atoms with Gasteiger partial charge >= 0.3 is 12.1 Å². The Hall–Kier alpha value is -1.99. The summed E-state index contributed by atoms with van der Waals surface area (Å²) in [5, 5.41) is 12.9. The number of oxime groups is 1. The van der Waals surface area contributed by atoms with Crippen LogP contribution in [0.1, 0.15) is 33.6 Å². The van der Waals surface area contributed by atoms with Gasteiger partial charge in [-0.3, -0.25) is 4.90 Å². The van der Waals surface area contributed by atoms with Gasteiger partial charge in [-0.1, -0.05) is 5.16 Å². The van der Waals surface area contributed by atoms with Gasteiger partial charge in [-0.15, -0.1) is 0 Å². The molecule has 1 saturated heterocycles. The minimum absolute atomic E-state index is 0.100. The largest absolute Gasteiger partial charge is 0.480 e. The van der Waals surface area contributed by atoms with Crippen LogP contribution in [0.25, 0.3) is 0 Å². The molecule has 1 fully saturated rings. The summed E-state index contributed by atoms with van der Waals surface area (Å²) in [4.78, 5) is 29.9. The molecular formula is C12H19N3O5. The zero-order chi connectivity index (χ0) is 15.1. The van der Waals surface area contributed by atoms with Crippen molar-refractivity contribution < 1.29 is 24.3 Å². The molecule has 3 N–H and O–H groups in total. The number of carboxylic acids is 1. The molecule has 0 saturated carbocycles. The van der Waals surface area contributed by atoms with Crippen molar-refractivity contribution in [3.05, 3.63) is 0 Å². The SMILES string of the molecule is CC(C)(C)OC(=O)N1CC2(CC(N)=NO2)CC1C(=O)O. The molecule has 2 heterocycles. The maximum atomic E-state index is 12.1. The van der Waals surface area contributed by atoms with Gasteiger partial charge in [0.2, 0.25) is 0 Å². The highest BCUT2D eigenvalue weighted by atomic mass is 16.7. The molecule has 8 nitrogen and oxygen atoms in total. The van der Waals surface area contributed by atoms with Crippen molar-refractivity contribution in [1.82, 2.24) is 4.90 Å². The Morgan fingerprint density at radius 3 is 2.65 bits per heavy atom. The van der Waals surface area contributed by atoms with Gasteiger partial charge in [0.05, 0.1) is 13.0 Å². The number of amides is 1. The number of aliphatic carboxylic acids is 1. The summed E-state index contributed by atoms with van der Waals surface area (Å²) in [5.74, 6) is -0.790. The fourth-order valence-corrected chi connectivity index (χ4v) is 2.43. The van der Waals surface area contributed by atoms with Crippen LogP contribution in [0.4, 0.5) is 4.79 Å². The minimum atomic E-state index is -1.10. The van der Waals surface area contributed by atoms with Crippen LogP contribution in [0.2, 0.25) is 0 Å². The van der Waals surface area contributed by atoms with Crippen molar-refractivity contribution in [3.8, 4) is 0 Å². The lowest BCUT2D eigenvalue weighted by Gasteiger charge is -2.27. The predicted molar refractivity (Wildman–Crippen MR) is 69.0 cm³/mol. The second-order valence-electron chi connectivity index (χ2n) is 6.20. The van der Waals surface area contributed by atoms with E-state index >= 15 is 0 Å². The van der Waals surface area contributed by atoms with E-state index in [-0.39, 0.29) is 13.0 Å². The number of ether oxygens (including phenoxy) is 1. The van der Waals surface area contributed by atoms with Gasteiger partial charge in [0.15, 0.2) is 5.60 Å². The molecule has 2 unspecified atom stereocenters. The average Bonchev–Trinajstić information content (AvgIpc) is 2.81. The molecule has 0 aromatic rings. The molecule has 0 aromatic heterocycles. The van der Waals surface area contributed by atoms with Crippen molar-refractivity contribution in [3.63, 3.8) is 0 Å². The molecule has 0 bridgehead atoms. The van der Waals surface area contributed by atoms with Crippen LogP contribution in [0.15, 0.2) is 5.16 Å². The molecule has 8 heteroatoms. The summed E-state index contributed by atoms with van der Waals surface area (Å²) in [6, 6.07) is -0.994. The molecule has 2 aliphatic heterocycles. The molecule has 1 spiro atoms. The number of carbonyl (C=O) groups excluding carboxylic acids is 1. The highest BCUT2D eigenvalue weighted by Gasteiger charge is 2.54. The predicted octanol–water partition coefficient (Wildman–Crippen LogP) is 0.512. The van der Waals surface area contributed by atoms with Crippen LogP contribution < -0.4 is 5.73 Å². The van der Waals surface area contributed by atoms with E-state index in [0.717, 1.165) is 0 Å². The third-order valence-corrected chi connectivity index (χ3v) is 3.17. The van der Waals surface area contributed by atoms with Crippen molar-refractivity contribution >= 4 is 17.9 Å². The van der Waals surface area contributed by atoms with Crippen LogP contribution in [-0.2, 0) is 14.4 Å². The number of rotatable bonds is 1. The van der Waals surface area contributed by atoms with Gasteiger partial charge in [-0.2, -0.15) is 0 Å². The van der Waals surface area contributed by atoms with Gasteiger partial charge in [0, 0.05) is 6.42 Å². The number of hydrogen-bond donors (Lipinski definition) is 2. The fraction of sp³-hybridized carbons (Fsp3) is 0.750. The maximum absolute atomic E-state index is 12.1. The Kier molecular flexibility index (Phi) is 3.27. The Bertz CT molecular complexity index is 470. The van der Waals surface area contributed by atoms with E-state index in [1.807, 2.05) is 0 Å². The lowest BCUT2D eigenvalue weighted by molar-refractivity contribution is -0.142. The molecule has 0 aromatic carbocycles. The molecule has 1 amide bonds. The number of hydrogen-bond acceptors (Lipinski definition) is 6. The Morgan fingerprint density at radius 2 is 2.20 bits per heavy atom. The highest BCUT2D eigenvalue weighted by Crippen LogP contribution is 2.37. The van der Waals surface area contributed by atoms with Crippen molar-refractivity contribution in [1.29, 1.82) is 0 Å². The van der Waals surface area contributed by atoms with Crippen LogP contribution in [0, 0.1) is 0 Å². The number of carbonyl (C=O) groups is 2. The number of nitrogens with zero attached hydrogens (tertiary/aromatic N) is 2. The molecule has 0 aliphatic carbocycles. The van der Waals surface area contributed by atoms with E-state index in [4.69, 9.17) is 15.3 Å². The normalized spacial score (nSPS) is 29.2. The number of amidine groups is 1. The topological polar surface area (TPSA) is 114 Å². The van der Waals surface area contributed by atoms with E-state index in [0.29, 0.717) is 12.3 Å². The minimum Gasteiger partial charge on any atom is -0.480 e. The van der Waals surface area contributed by atoms with Gasteiger partial charge in [0.1, 0.15) is 17.5 Å². The molecule has 2 rings (SSSR count). The zero-order valence-electron chi connectivity index (χ0n) is 11.8. The zero-order valence-corrected chi connectivity index (χ0v) is 11.8. The van der Waals surface area contributed by atoms with Gasteiger partial charge in [-0.25, -0.2) is 9.59 Å². The summed E-state index contributed by atoms with van der Waals surface area (Å²) in [7, 11) is 0. The third kappa shape index (κ3) is 2.78.